The number of hydrogen-bond donors (Lipinski definition) is 2. The molecule has 3 nitrogen and oxygen atoms in total. The van der Waals surface area contributed by atoms with Gasteiger partial charge in [-0.15, -0.1) is 0 Å². The monoisotopic (exact) mass is 356 g/mol. The van der Waals surface area contributed by atoms with Gasteiger partial charge in [0.25, 0.3) is 0 Å². The third-order valence-corrected chi connectivity index (χ3v) is 5.26. The van der Waals surface area contributed by atoms with Crippen molar-refractivity contribution in [1.29, 1.82) is 0 Å². The molecule has 0 aliphatic carbocycles. The molecule has 3 heteroatoms. The van der Waals surface area contributed by atoms with E-state index in [0.717, 1.165) is 18.8 Å². The predicted octanol–water partition coefficient (Wildman–Crippen LogP) is 5.26. The zero-order chi connectivity index (χ0) is 18.8. The van der Waals surface area contributed by atoms with Crippen LogP contribution in [0.5, 0.6) is 0 Å². The number of benzene rings is 3. The molecule has 0 aliphatic rings. The second-order valence-corrected chi connectivity index (χ2v) is 7.18. The number of fused-ring (bicyclic) bond motifs is 3. The van der Waals surface area contributed by atoms with E-state index >= 15 is 0 Å². The van der Waals surface area contributed by atoms with Crippen LogP contribution in [0, 0.1) is 20.8 Å². The molecule has 0 saturated carbocycles. The molecule has 0 atom stereocenters. The van der Waals surface area contributed by atoms with Gasteiger partial charge in [0, 0.05) is 31.8 Å². The smallest absolute Gasteiger partial charge is 0.221 e. The maximum absolute atomic E-state index is 3.62. The topological polar surface area (TPSA) is 38.2 Å². The molecule has 3 N–H and O–H groups in total. The third-order valence-electron chi connectivity index (χ3n) is 5.26. The van der Waals surface area contributed by atoms with Crippen molar-refractivity contribution in [2.24, 2.45) is 0 Å². The average Bonchev–Trinajstić information content (AvgIpc) is 2.68. The molecule has 0 saturated heterocycles. The average molecular weight is 356 g/mol. The van der Waals surface area contributed by atoms with Crippen molar-refractivity contribution < 1.29 is 4.98 Å². The number of pyridine rings is 1. The van der Waals surface area contributed by atoms with E-state index in [1.807, 2.05) is 0 Å². The van der Waals surface area contributed by atoms with Crippen molar-refractivity contribution in [2.75, 3.05) is 23.7 Å². The van der Waals surface area contributed by atoms with Gasteiger partial charge in [0.1, 0.15) is 0 Å². The van der Waals surface area contributed by atoms with Crippen LogP contribution in [0.3, 0.4) is 0 Å². The van der Waals surface area contributed by atoms with Crippen molar-refractivity contribution in [1.82, 2.24) is 0 Å². The van der Waals surface area contributed by atoms with Gasteiger partial charge in [-0.05, 0) is 48.6 Å². The Bertz CT molecular complexity index is 1120. The van der Waals surface area contributed by atoms with E-state index in [0.29, 0.717) is 0 Å². The molecule has 0 unspecified atom stereocenters. The molecule has 0 amide bonds. The van der Waals surface area contributed by atoms with Gasteiger partial charge in [0.2, 0.25) is 5.52 Å². The van der Waals surface area contributed by atoms with Gasteiger partial charge in [0.15, 0.2) is 5.69 Å². The highest BCUT2D eigenvalue weighted by molar-refractivity contribution is 6.07. The second-order valence-electron chi connectivity index (χ2n) is 7.18. The molecule has 0 radical (unpaired) electrons. The summed E-state index contributed by atoms with van der Waals surface area (Å²) in [7, 11) is 0. The fourth-order valence-corrected chi connectivity index (χ4v) is 3.64. The lowest BCUT2D eigenvalue weighted by Crippen LogP contribution is -2.16. The normalized spacial score (nSPS) is 11.1. The van der Waals surface area contributed by atoms with E-state index in [1.165, 1.54) is 44.2 Å². The Morgan fingerprint density at radius 1 is 0.741 bits per heavy atom. The highest BCUT2D eigenvalue weighted by atomic mass is 15.0. The molecule has 4 rings (SSSR count). The van der Waals surface area contributed by atoms with Gasteiger partial charge < -0.3 is 10.6 Å². The maximum Gasteiger partial charge on any atom is 0.221 e. The van der Waals surface area contributed by atoms with Gasteiger partial charge in [0.05, 0.1) is 16.5 Å². The molecule has 1 heterocycles. The zero-order valence-corrected chi connectivity index (χ0v) is 16.2. The largest absolute Gasteiger partial charge is 0.383 e. The van der Waals surface area contributed by atoms with E-state index < -0.39 is 0 Å². The number of aromatic amines is 1. The van der Waals surface area contributed by atoms with Gasteiger partial charge >= 0.3 is 0 Å². The Morgan fingerprint density at radius 3 is 2.37 bits per heavy atom. The number of aryl methyl sites for hydroxylation is 2. The molecule has 136 valence electrons. The summed E-state index contributed by atoms with van der Waals surface area (Å²) in [5.74, 6) is 0. The van der Waals surface area contributed by atoms with Crippen LogP contribution >= 0.6 is 0 Å². The Labute approximate surface area is 160 Å². The first-order chi connectivity index (χ1) is 13.1. The van der Waals surface area contributed by atoms with E-state index in [2.05, 4.69) is 97.1 Å². The summed E-state index contributed by atoms with van der Waals surface area (Å²) >= 11 is 0. The van der Waals surface area contributed by atoms with Crippen LogP contribution in [0.25, 0.3) is 21.7 Å². The minimum Gasteiger partial charge on any atom is -0.383 e. The first-order valence-corrected chi connectivity index (χ1v) is 9.52. The Hall–Kier alpha value is -3.07. The van der Waals surface area contributed by atoms with Gasteiger partial charge in [-0.25, -0.2) is 4.98 Å². The van der Waals surface area contributed by atoms with Gasteiger partial charge in [-0.2, -0.15) is 0 Å². The van der Waals surface area contributed by atoms with Gasteiger partial charge in [-0.1, -0.05) is 36.4 Å². The van der Waals surface area contributed by atoms with Crippen molar-refractivity contribution in [2.45, 2.75) is 20.8 Å². The minimum atomic E-state index is 0.860. The lowest BCUT2D eigenvalue weighted by atomic mass is 10.0. The first kappa shape index (κ1) is 17.3. The summed E-state index contributed by atoms with van der Waals surface area (Å²) in [5.41, 5.74) is 7.38. The van der Waals surface area contributed by atoms with Crippen LogP contribution in [0.15, 0.2) is 60.7 Å². The molecular formula is C24H26N3+. The molecule has 27 heavy (non-hydrogen) atoms. The van der Waals surface area contributed by atoms with Crippen LogP contribution in [0.1, 0.15) is 16.8 Å². The van der Waals surface area contributed by atoms with E-state index in [1.54, 1.807) is 0 Å². The van der Waals surface area contributed by atoms with Crippen molar-refractivity contribution in [3.8, 4) is 0 Å². The van der Waals surface area contributed by atoms with Crippen molar-refractivity contribution >= 4 is 33.1 Å². The third kappa shape index (κ3) is 3.45. The fourth-order valence-electron chi connectivity index (χ4n) is 3.64. The number of aromatic nitrogens is 1. The first-order valence-electron chi connectivity index (χ1n) is 9.52. The van der Waals surface area contributed by atoms with Crippen LogP contribution in [-0.4, -0.2) is 13.1 Å². The Kier molecular flexibility index (Phi) is 4.68. The van der Waals surface area contributed by atoms with Gasteiger partial charge in [-0.3, -0.25) is 0 Å². The van der Waals surface area contributed by atoms with Crippen LogP contribution in [-0.2, 0) is 0 Å². The zero-order valence-electron chi connectivity index (χ0n) is 16.2. The molecular weight excluding hydrogens is 330 g/mol. The quantitative estimate of drug-likeness (QED) is 0.378. The maximum atomic E-state index is 3.62. The molecule has 3 aromatic carbocycles. The summed E-state index contributed by atoms with van der Waals surface area (Å²) in [6.45, 7) is 8.16. The number of hydrogen-bond acceptors (Lipinski definition) is 2. The number of nitrogens with one attached hydrogen (secondary N) is 3. The molecule has 1 aromatic heterocycles. The SMILES string of the molecule is Cc1cc(NCCNc2cccc(C)c2C)c2ccc3ccccc3c2[nH+]1. The number of rotatable bonds is 5. The molecule has 4 aromatic rings. The summed E-state index contributed by atoms with van der Waals surface area (Å²) in [5, 5.41) is 10.9. The van der Waals surface area contributed by atoms with Crippen LogP contribution < -0.4 is 15.6 Å². The number of anilines is 2. The predicted molar refractivity (Wildman–Crippen MR) is 116 cm³/mol. The summed E-state index contributed by atoms with van der Waals surface area (Å²) in [6.07, 6.45) is 0. The minimum absolute atomic E-state index is 0.860. The fraction of sp³-hybridized carbons (Fsp3) is 0.208. The summed E-state index contributed by atoms with van der Waals surface area (Å²) in [6, 6.07) is 21.5. The Balaban J connectivity index is 1.55. The van der Waals surface area contributed by atoms with E-state index in [4.69, 9.17) is 0 Å². The van der Waals surface area contributed by atoms with E-state index in [9.17, 15) is 0 Å². The van der Waals surface area contributed by atoms with E-state index in [-0.39, 0.29) is 0 Å². The Morgan fingerprint density at radius 2 is 1.52 bits per heavy atom. The second kappa shape index (κ2) is 7.28. The molecule has 0 fully saturated rings. The highest BCUT2D eigenvalue weighted by Gasteiger charge is 2.12. The molecule has 0 aliphatic heterocycles. The van der Waals surface area contributed by atoms with Crippen molar-refractivity contribution in [3.05, 3.63) is 77.5 Å². The lowest BCUT2D eigenvalue weighted by Gasteiger charge is -2.13. The van der Waals surface area contributed by atoms with Crippen LogP contribution in [0.2, 0.25) is 0 Å². The molecule has 0 spiro atoms. The molecule has 0 bridgehead atoms. The standard InChI is InChI=1S/C24H25N3/c1-16-7-6-10-22(18(16)3)25-13-14-26-23-15-17(2)27-24-20-9-5-4-8-19(20)11-12-21(23)24/h4-12,15,25H,13-14H2,1-3H3,(H,26,27)/p+1. The number of H-pyrrole nitrogens is 1. The van der Waals surface area contributed by atoms with Crippen molar-refractivity contribution in [3.63, 3.8) is 0 Å². The van der Waals surface area contributed by atoms with Crippen LogP contribution in [0.4, 0.5) is 11.4 Å². The lowest BCUT2D eigenvalue weighted by molar-refractivity contribution is -0.353. The highest BCUT2D eigenvalue weighted by Crippen LogP contribution is 2.27. The summed E-state index contributed by atoms with van der Waals surface area (Å²) in [4.78, 5) is 3.55. The summed E-state index contributed by atoms with van der Waals surface area (Å²) < 4.78 is 0.